The fourth-order valence-corrected chi connectivity index (χ4v) is 1.65. The molecule has 2 heterocycles. The molecule has 0 spiro atoms. The summed E-state index contributed by atoms with van der Waals surface area (Å²) in [5.41, 5.74) is 6.63. The van der Waals surface area contributed by atoms with Crippen molar-refractivity contribution in [3.8, 4) is 0 Å². The lowest BCUT2D eigenvalue weighted by molar-refractivity contribution is 0.405. The zero-order chi connectivity index (χ0) is 8.39. The number of piperidine rings is 1. The first-order valence-electron chi connectivity index (χ1n) is 4.40. The van der Waals surface area contributed by atoms with Crippen molar-refractivity contribution in [1.29, 1.82) is 0 Å². The van der Waals surface area contributed by atoms with Crippen LogP contribution in [-0.4, -0.2) is 16.7 Å². The van der Waals surface area contributed by atoms with Crippen LogP contribution in [0, 0.1) is 0 Å². The van der Waals surface area contributed by atoms with Crippen molar-refractivity contribution < 1.29 is 0 Å². The van der Waals surface area contributed by atoms with Crippen LogP contribution in [0.15, 0.2) is 6.07 Å². The summed E-state index contributed by atoms with van der Waals surface area (Å²) in [6.07, 6.45) is 3.75. The number of hydrogen-bond acceptors (Lipinski definition) is 3. The van der Waals surface area contributed by atoms with Gasteiger partial charge in [0.05, 0.1) is 5.69 Å². The summed E-state index contributed by atoms with van der Waals surface area (Å²) in [7, 11) is 0. The molecule has 0 bridgehead atoms. The summed E-state index contributed by atoms with van der Waals surface area (Å²) in [5, 5.41) is 10.3. The van der Waals surface area contributed by atoms with Crippen LogP contribution in [0.2, 0.25) is 0 Å². The maximum Gasteiger partial charge on any atom is 0.145 e. The molecule has 1 atom stereocenters. The first-order valence-corrected chi connectivity index (χ1v) is 4.40. The van der Waals surface area contributed by atoms with Crippen LogP contribution in [0.1, 0.15) is 31.0 Å². The highest BCUT2D eigenvalue weighted by Crippen LogP contribution is 2.21. The van der Waals surface area contributed by atoms with Crippen molar-refractivity contribution in [2.75, 3.05) is 12.3 Å². The number of aromatic nitrogens is 2. The van der Waals surface area contributed by atoms with Crippen molar-refractivity contribution in [2.45, 2.75) is 25.3 Å². The molecule has 1 aromatic heterocycles. The highest BCUT2D eigenvalue weighted by atomic mass is 15.2. The summed E-state index contributed by atoms with van der Waals surface area (Å²) in [6.45, 7) is 1.10. The fraction of sp³-hybridized carbons (Fsp3) is 0.625. The number of nitrogens with one attached hydrogen (secondary N) is 2. The minimum atomic E-state index is 0.434. The highest BCUT2D eigenvalue weighted by molar-refractivity contribution is 5.29. The van der Waals surface area contributed by atoms with Crippen LogP contribution in [0.25, 0.3) is 0 Å². The summed E-state index contributed by atoms with van der Waals surface area (Å²) >= 11 is 0. The van der Waals surface area contributed by atoms with Crippen LogP contribution in [0.5, 0.6) is 0 Å². The normalized spacial score (nSPS) is 24.2. The predicted octanol–water partition coefficient (Wildman–Crippen LogP) is 0.806. The second-order valence-corrected chi connectivity index (χ2v) is 3.25. The van der Waals surface area contributed by atoms with Crippen LogP contribution >= 0.6 is 0 Å². The standard InChI is InChI=1S/C8H14N4/c9-8-5-7(11-12-8)6-3-1-2-4-10-6/h5-6,10H,1-4H2,(H3,9,11,12). The number of aromatic amines is 1. The smallest absolute Gasteiger partial charge is 0.145 e. The number of nitrogens with two attached hydrogens (primary N) is 1. The molecular weight excluding hydrogens is 152 g/mol. The van der Waals surface area contributed by atoms with E-state index in [9.17, 15) is 0 Å². The number of nitrogens with zero attached hydrogens (tertiary/aromatic N) is 1. The molecule has 0 saturated carbocycles. The van der Waals surface area contributed by atoms with Gasteiger partial charge in [-0.25, -0.2) is 0 Å². The molecule has 66 valence electrons. The van der Waals surface area contributed by atoms with E-state index in [4.69, 9.17) is 5.73 Å². The summed E-state index contributed by atoms with van der Waals surface area (Å²) in [4.78, 5) is 0. The SMILES string of the molecule is Nc1cc(C2CCCCN2)[nH]n1. The zero-order valence-corrected chi connectivity index (χ0v) is 7.01. The van der Waals surface area contributed by atoms with Gasteiger partial charge in [0.25, 0.3) is 0 Å². The molecule has 0 aromatic carbocycles. The van der Waals surface area contributed by atoms with E-state index >= 15 is 0 Å². The Balaban J connectivity index is 2.08. The van der Waals surface area contributed by atoms with Gasteiger partial charge < -0.3 is 11.1 Å². The predicted molar refractivity (Wildman–Crippen MR) is 47.6 cm³/mol. The van der Waals surface area contributed by atoms with Crippen molar-refractivity contribution in [2.24, 2.45) is 0 Å². The Labute approximate surface area is 71.5 Å². The van der Waals surface area contributed by atoms with Crippen LogP contribution < -0.4 is 11.1 Å². The zero-order valence-electron chi connectivity index (χ0n) is 7.01. The van der Waals surface area contributed by atoms with Gasteiger partial charge in [-0.1, -0.05) is 6.42 Å². The molecular formula is C8H14N4. The molecule has 1 aromatic rings. The van der Waals surface area contributed by atoms with Gasteiger partial charge in [0.15, 0.2) is 0 Å². The average Bonchev–Trinajstić information content (AvgIpc) is 2.54. The van der Waals surface area contributed by atoms with E-state index in [1.807, 2.05) is 6.07 Å². The number of rotatable bonds is 1. The Hall–Kier alpha value is -1.03. The van der Waals surface area contributed by atoms with Gasteiger partial charge >= 0.3 is 0 Å². The number of hydrogen-bond donors (Lipinski definition) is 3. The average molecular weight is 166 g/mol. The Morgan fingerprint density at radius 1 is 1.50 bits per heavy atom. The second-order valence-electron chi connectivity index (χ2n) is 3.25. The van der Waals surface area contributed by atoms with Gasteiger partial charge in [-0.3, -0.25) is 5.10 Å². The molecule has 1 saturated heterocycles. The van der Waals surface area contributed by atoms with Gasteiger partial charge in [-0.2, -0.15) is 5.10 Å². The van der Waals surface area contributed by atoms with Crippen molar-refractivity contribution in [1.82, 2.24) is 15.5 Å². The summed E-state index contributed by atoms with van der Waals surface area (Å²) in [5.74, 6) is 0.581. The second kappa shape index (κ2) is 3.15. The fourth-order valence-electron chi connectivity index (χ4n) is 1.65. The summed E-state index contributed by atoms with van der Waals surface area (Å²) < 4.78 is 0. The van der Waals surface area contributed by atoms with Gasteiger partial charge in [0.2, 0.25) is 0 Å². The third kappa shape index (κ3) is 1.43. The first kappa shape index (κ1) is 7.61. The number of nitrogen functional groups attached to an aromatic ring is 1. The lowest BCUT2D eigenvalue weighted by Gasteiger charge is -2.21. The van der Waals surface area contributed by atoms with Crippen LogP contribution in [-0.2, 0) is 0 Å². The number of H-pyrrole nitrogens is 1. The molecule has 4 heteroatoms. The third-order valence-corrected chi connectivity index (χ3v) is 2.30. The minimum Gasteiger partial charge on any atom is -0.382 e. The molecule has 2 rings (SSSR count). The molecule has 12 heavy (non-hydrogen) atoms. The monoisotopic (exact) mass is 166 g/mol. The Morgan fingerprint density at radius 3 is 3.00 bits per heavy atom. The maximum atomic E-state index is 5.52. The Kier molecular flexibility index (Phi) is 1.99. The maximum absolute atomic E-state index is 5.52. The minimum absolute atomic E-state index is 0.434. The first-order chi connectivity index (χ1) is 5.86. The van der Waals surface area contributed by atoms with Gasteiger partial charge in [-0.05, 0) is 19.4 Å². The van der Waals surface area contributed by atoms with Crippen molar-refractivity contribution in [3.63, 3.8) is 0 Å². The molecule has 1 unspecified atom stereocenters. The van der Waals surface area contributed by atoms with E-state index < -0.39 is 0 Å². The quantitative estimate of drug-likeness (QED) is 0.578. The van der Waals surface area contributed by atoms with E-state index in [1.165, 1.54) is 19.3 Å². The molecule has 4 nitrogen and oxygen atoms in total. The topological polar surface area (TPSA) is 66.7 Å². The van der Waals surface area contributed by atoms with E-state index in [0.29, 0.717) is 11.9 Å². The summed E-state index contributed by atoms with van der Waals surface area (Å²) in [6, 6.07) is 2.34. The largest absolute Gasteiger partial charge is 0.382 e. The van der Waals surface area contributed by atoms with E-state index in [0.717, 1.165) is 12.2 Å². The van der Waals surface area contributed by atoms with E-state index in [-0.39, 0.29) is 0 Å². The molecule has 0 amide bonds. The van der Waals surface area contributed by atoms with Crippen LogP contribution in [0.3, 0.4) is 0 Å². The lowest BCUT2D eigenvalue weighted by Crippen LogP contribution is -2.26. The lowest BCUT2D eigenvalue weighted by atomic mass is 10.0. The molecule has 1 fully saturated rings. The Morgan fingerprint density at radius 2 is 2.42 bits per heavy atom. The highest BCUT2D eigenvalue weighted by Gasteiger charge is 2.15. The third-order valence-electron chi connectivity index (χ3n) is 2.30. The molecule has 0 aliphatic carbocycles. The molecule has 1 aliphatic rings. The number of anilines is 1. The molecule has 4 N–H and O–H groups in total. The van der Waals surface area contributed by atoms with Gasteiger partial charge in [0.1, 0.15) is 5.82 Å². The van der Waals surface area contributed by atoms with Gasteiger partial charge in [-0.15, -0.1) is 0 Å². The van der Waals surface area contributed by atoms with Crippen molar-refractivity contribution in [3.05, 3.63) is 11.8 Å². The van der Waals surface area contributed by atoms with E-state index in [2.05, 4.69) is 15.5 Å². The van der Waals surface area contributed by atoms with Crippen LogP contribution in [0.4, 0.5) is 5.82 Å². The van der Waals surface area contributed by atoms with Gasteiger partial charge in [0, 0.05) is 12.1 Å². The van der Waals surface area contributed by atoms with Crippen molar-refractivity contribution >= 4 is 5.82 Å². The molecule has 0 radical (unpaired) electrons. The molecule has 1 aliphatic heterocycles. The Bertz CT molecular complexity index is 249. The van der Waals surface area contributed by atoms with E-state index in [1.54, 1.807) is 0 Å².